The van der Waals surface area contributed by atoms with Gasteiger partial charge in [0.25, 0.3) is 0 Å². The van der Waals surface area contributed by atoms with Crippen molar-refractivity contribution in [1.82, 2.24) is 10.0 Å². The molecule has 1 fully saturated rings. The molecule has 0 spiro atoms. The van der Waals surface area contributed by atoms with Gasteiger partial charge in [-0.05, 0) is 43.5 Å². The molecule has 1 aromatic rings. The van der Waals surface area contributed by atoms with Gasteiger partial charge in [0.1, 0.15) is 6.04 Å². The monoisotopic (exact) mass is 302 g/mol. The van der Waals surface area contributed by atoms with Crippen molar-refractivity contribution >= 4 is 27.5 Å². The van der Waals surface area contributed by atoms with Crippen molar-refractivity contribution < 1.29 is 13.2 Å². The summed E-state index contributed by atoms with van der Waals surface area (Å²) >= 11 is 5.72. The van der Waals surface area contributed by atoms with E-state index in [4.69, 9.17) is 11.6 Å². The molecule has 1 aliphatic heterocycles. The number of benzene rings is 1. The average Bonchev–Trinajstić information content (AvgIpc) is 2.55. The van der Waals surface area contributed by atoms with Crippen molar-refractivity contribution in [2.45, 2.75) is 30.2 Å². The first-order valence-electron chi connectivity index (χ1n) is 6.05. The van der Waals surface area contributed by atoms with E-state index in [1.165, 1.54) is 24.3 Å². The lowest BCUT2D eigenvalue weighted by Crippen LogP contribution is -2.45. The van der Waals surface area contributed by atoms with E-state index >= 15 is 0 Å². The van der Waals surface area contributed by atoms with Gasteiger partial charge in [-0.1, -0.05) is 11.6 Å². The van der Waals surface area contributed by atoms with Gasteiger partial charge in [0.05, 0.1) is 4.90 Å². The molecule has 0 aromatic heterocycles. The zero-order valence-corrected chi connectivity index (χ0v) is 11.8. The third-order valence-corrected chi connectivity index (χ3v) is 4.70. The van der Waals surface area contributed by atoms with Crippen LogP contribution < -0.4 is 10.0 Å². The summed E-state index contributed by atoms with van der Waals surface area (Å²) in [5.74, 6) is -0.268. The second-order valence-corrected chi connectivity index (χ2v) is 6.57. The molecule has 2 N–H and O–H groups in total. The minimum atomic E-state index is -3.70. The Morgan fingerprint density at radius 3 is 2.58 bits per heavy atom. The number of hydrogen-bond acceptors (Lipinski definition) is 3. The molecular formula is C12H15ClN2O3S. The third-order valence-electron chi connectivity index (χ3n) is 2.96. The molecule has 19 heavy (non-hydrogen) atoms. The summed E-state index contributed by atoms with van der Waals surface area (Å²) in [5, 5.41) is 3.15. The number of carbonyl (C=O) groups excluding carboxylic acids is 1. The van der Waals surface area contributed by atoms with Crippen molar-refractivity contribution in [3.05, 3.63) is 29.3 Å². The zero-order valence-electron chi connectivity index (χ0n) is 10.2. The Balaban J connectivity index is 2.16. The molecule has 2 rings (SSSR count). The van der Waals surface area contributed by atoms with Crippen molar-refractivity contribution in [1.29, 1.82) is 0 Å². The van der Waals surface area contributed by atoms with Crippen molar-refractivity contribution in [2.24, 2.45) is 0 Å². The van der Waals surface area contributed by atoms with E-state index in [2.05, 4.69) is 10.0 Å². The number of amides is 1. The van der Waals surface area contributed by atoms with Crippen LogP contribution in [0.1, 0.15) is 19.3 Å². The summed E-state index contributed by atoms with van der Waals surface area (Å²) < 4.78 is 26.7. The molecule has 7 heteroatoms. The number of nitrogens with one attached hydrogen (secondary N) is 2. The first-order valence-corrected chi connectivity index (χ1v) is 7.91. The van der Waals surface area contributed by atoms with Crippen LogP contribution in [0.5, 0.6) is 0 Å². The van der Waals surface area contributed by atoms with Crippen LogP contribution in [0, 0.1) is 0 Å². The van der Waals surface area contributed by atoms with Gasteiger partial charge in [-0.2, -0.15) is 4.72 Å². The lowest BCUT2D eigenvalue weighted by atomic mass is 10.1. The van der Waals surface area contributed by atoms with Gasteiger partial charge in [-0.15, -0.1) is 0 Å². The van der Waals surface area contributed by atoms with Crippen LogP contribution in [0.3, 0.4) is 0 Å². The standard InChI is InChI=1S/C12H15ClN2O3S/c13-9-4-6-10(7-5-9)19(17,18)15-11-3-1-2-8-14-12(11)16/h4-7,11,15H,1-3,8H2,(H,14,16)/t11-/m1/s1. The first-order chi connectivity index (χ1) is 8.99. The summed E-state index contributed by atoms with van der Waals surface area (Å²) in [6.07, 6.45) is 2.19. The summed E-state index contributed by atoms with van der Waals surface area (Å²) in [6.45, 7) is 0.595. The van der Waals surface area contributed by atoms with Gasteiger partial charge in [0.2, 0.25) is 15.9 Å². The minimum absolute atomic E-state index is 0.106. The van der Waals surface area contributed by atoms with E-state index in [1.807, 2.05) is 0 Å². The van der Waals surface area contributed by atoms with Crippen molar-refractivity contribution in [3.8, 4) is 0 Å². The van der Waals surface area contributed by atoms with Crippen molar-refractivity contribution in [3.63, 3.8) is 0 Å². The molecule has 1 atom stereocenters. The second kappa shape index (κ2) is 5.90. The van der Waals surface area contributed by atoms with Crippen LogP contribution >= 0.6 is 11.6 Å². The van der Waals surface area contributed by atoms with Gasteiger partial charge in [0.15, 0.2) is 0 Å². The fourth-order valence-electron chi connectivity index (χ4n) is 1.92. The Kier molecular flexibility index (Phi) is 4.44. The second-order valence-electron chi connectivity index (χ2n) is 4.41. The van der Waals surface area contributed by atoms with E-state index in [1.54, 1.807) is 0 Å². The van der Waals surface area contributed by atoms with E-state index in [0.29, 0.717) is 18.0 Å². The van der Waals surface area contributed by atoms with Gasteiger partial charge < -0.3 is 5.32 Å². The Labute approximate surface area is 117 Å². The van der Waals surface area contributed by atoms with E-state index in [-0.39, 0.29) is 10.8 Å². The normalized spacial score (nSPS) is 20.7. The summed E-state index contributed by atoms with van der Waals surface area (Å²) in [6, 6.07) is 5.13. The van der Waals surface area contributed by atoms with Crippen LogP contribution in [0.2, 0.25) is 5.02 Å². The maximum Gasteiger partial charge on any atom is 0.241 e. The Morgan fingerprint density at radius 1 is 1.21 bits per heavy atom. The molecule has 5 nitrogen and oxygen atoms in total. The Hall–Kier alpha value is -1.11. The summed E-state index contributed by atoms with van der Waals surface area (Å²) in [5.41, 5.74) is 0. The van der Waals surface area contributed by atoms with Crippen LogP contribution in [-0.2, 0) is 14.8 Å². The smallest absolute Gasteiger partial charge is 0.241 e. The van der Waals surface area contributed by atoms with Crippen LogP contribution in [0.4, 0.5) is 0 Å². The van der Waals surface area contributed by atoms with Crippen molar-refractivity contribution in [2.75, 3.05) is 6.54 Å². The van der Waals surface area contributed by atoms with Gasteiger partial charge in [0, 0.05) is 11.6 Å². The maximum atomic E-state index is 12.1. The molecule has 1 aromatic carbocycles. The van der Waals surface area contributed by atoms with E-state index in [9.17, 15) is 13.2 Å². The lowest BCUT2D eigenvalue weighted by molar-refractivity contribution is -0.122. The molecule has 0 saturated carbocycles. The Bertz CT molecular complexity index is 557. The van der Waals surface area contributed by atoms with Gasteiger partial charge in [-0.3, -0.25) is 4.79 Å². The summed E-state index contributed by atoms with van der Waals surface area (Å²) in [4.78, 5) is 11.8. The number of sulfonamides is 1. The predicted molar refractivity (Wildman–Crippen MR) is 72.4 cm³/mol. The van der Waals surface area contributed by atoms with Gasteiger partial charge >= 0.3 is 0 Å². The van der Waals surface area contributed by atoms with Crippen LogP contribution in [0.15, 0.2) is 29.2 Å². The number of rotatable bonds is 3. The highest BCUT2D eigenvalue weighted by Gasteiger charge is 2.26. The quantitative estimate of drug-likeness (QED) is 0.883. The van der Waals surface area contributed by atoms with Gasteiger partial charge in [-0.25, -0.2) is 8.42 Å². The highest BCUT2D eigenvalue weighted by molar-refractivity contribution is 7.89. The fourth-order valence-corrected chi connectivity index (χ4v) is 3.28. The molecule has 1 aliphatic rings. The largest absolute Gasteiger partial charge is 0.355 e. The lowest BCUT2D eigenvalue weighted by Gasteiger charge is -2.15. The molecule has 1 saturated heterocycles. The molecule has 0 aliphatic carbocycles. The molecule has 1 heterocycles. The minimum Gasteiger partial charge on any atom is -0.355 e. The zero-order chi connectivity index (χ0) is 13.9. The third kappa shape index (κ3) is 3.68. The van der Waals surface area contributed by atoms with E-state index < -0.39 is 16.1 Å². The molecule has 1 amide bonds. The molecule has 0 unspecified atom stereocenters. The average molecular weight is 303 g/mol. The highest BCUT2D eigenvalue weighted by atomic mass is 35.5. The molecule has 0 bridgehead atoms. The molecule has 104 valence electrons. The van der Waals surface area contributed by atoms with Crippen LogP contribution in [-0.4, -0.2) is 26.9 Å². The first kappa shape index (κ1) is 14.3. The number of halogens is 1. The van der Waals surface area contributed by atoms with E-state index in [0.717, 1.165) is 12.8 Å². The fraction of sp³-hybridized carbons (Fsp3) is 0.417. The highest BCUT2D eigenvalue weighted by Crippen LogP contribution is 2.15. The molecular weight excluding hydrogens is 288 g/mol. The molecule has 0 radical (unpaired) electrons. The predicted octanol–water partition coefficient (Wildman–Crippen LogP) is 1.29. The number of hydrogen-bond donors (Lipinski definition) is 2. The SMILES string of the molecule is O=C1NCCCC[C@H]1NS(=O)(=O)c1ccc(Cl)cc1. The maximum absolute atomic E-state index is 12.1. The van der Waals surface area contributed by atoms with Crippen LogP contribution in [0.25, 0.3) is 0 Å². The summed E-state index contributed by atoms with van der Waals surface area (Å²) in [7, 11) is -3.70. The topological polar surface area (TPSA) is 75.3 Å². The number of carbonyl (C=O) groups is 1. The Morgan fingerprint density at radius 2 is 1.89 bits per heavy atom.